The maximum Gasteiger partial charge on any atom is 0.237 e. The number of aromatic nitrogens is 1. The third-order valence-electron chi connectivity index (χ3n) is 3.69. The number of anilines is 2. The number of likely N-dealkylation sites (N-methyl/N-ethyl adjacent to an activating group) is 1. The van der Waals surface area contributed by atoms with Gasteiger partial charge in [0.2, 0.25) is 5.91 Å². The summed E-state index contributed by atoms with van der Waals surface area (Å²) in [6.07, 6.45) is 1.68. The van der Waals surface area contributed by atoms with Crippen molar-refractivity contribution in [2.75, 3.05) is 43.4 Å². The van der Waals surface area contributed by atoms with Crippen molar-refractivity contribution in [2.45, 2.75) is 19.9 Å². The lowest BCUT2D eigenvalue weighted by Gasteiger charge is -2.37. The Hall–Kier alpha value is -1.82. The molecule has 20 heavy (non-hydrogen) atoms. The van der Waals surface area contributed by atoms with Crippen LogP contribution in [0.25, 0.3) is 0 Å². The van der Waals surface area contributed by atoms with Crippen molar-refractivity contribution >= 4 is 17.4 Å². The first-order valence-corrected chi connectivity index (χ1v) is 7.10. The fourth-order valence-corrected chi connectivity index (χ4v) is 2.41. The summed E-state index contributed by atoms with van der Waals surface area (Å²) in [7, 11) is 0. The Labute approximate surface area is 120 Å². The maximum atomic E-state index is 11.8. The summed E-state index contributed by atoms with van der Waals surface area (Å²) >= 11 is 0. The van der Waals surface area contributed by atoms with Crippen LogP contribution in [0.4, 0.5) is 11.5 Å². The van der Waals surface area contributed by atoms with Gasteiger partial charge in [-0.25, -0.2) is 4.98 Å². The second-order valence-electron chi connectivity index (χ2n) is 5.04. The van der Waals surface area contributed by atoms with Crippen molar-refractivity contribution in [2.24, 2.45) is 0 Å². The number of nitrogen functional groups attached to an aromatic ring is 1. The Morgan fingerprint density at radius 3 is 2.65 bits per heavy atom. The molecule has 0 aromatic carbocycles. The number of carbonyl (C=O) groups is 1. The second kappa shape index (κ2) is 6.56. The van der Waals surface area contributed by atoms with E-state index in [-0.39, 0.29) is 11.9 Å². The van der Waals surface area contributed by atoms with Crippen molar-refractivity contribution in [1.29, 1.82) is 0 Å². The molecular formula is C14H23N5O. The quantitative estimate of drug-likeness (QED) is 0.828. The van der Waals surface area contributed by atoms with Gasteiger partial charge < -0.3 is 16.0 Å². The Morgan fingerprint density at radius 1 is 1.40 bits per heavy atom. The normalized spacial score (nSPS) is 17.8. The molecule has 1 amide bonds. The Bertz CT molecular complexity index is 439. The smallest absolute Gasteiger partial charge is 0.237 e. The largest absolute Gasteiger partial charge is 0.397 e. The molecule has 2 heterocycles. The highest BCUT2D eigenvalue weighted by atomic mass is 16.2. The number of nitrogens with zero attached hydrogens (tertiary/aromatic N) is 3. The van der Waals surface area contributed by atoms with E-state index in [0.29, 0.717) is 12.2 Å². The topological polar surface area (TPSA) is 74.5 Å². The molecule has 2 rings (SSSR count). The molecule has 1 unspecified atom stereocenters. The fourth-order valence-electron chi connectivity index (χ4n) is 2.41. The molecule has 0 bridgehead atoms. The molecule has 1 saturated heterocycles. The SMILES string of the molecule is CCNC(=O)C(C)N1CCN(c2ccc(N)cn2)CC1. The summed E-state index contributed by atoms with van der Waals surface area (Å²) in [6, 6.07) is 3.74. The van der Waals surface area contributed by atoms with Crippen LogP contribution in [0, 0.1) is 0 Å². The van der Waals surface area contributed by atoms with Gasteiger partial charge in [-0.05, 0) is 26.0 Å². The Kier molecular flexibility index (Phi) is 4.79. The van der Waals surface area contributed by atoms with Crippen molar-refractivity contribution in [3.8, 4) is 0 Å². The molecule has 1 aromatic rings. The maximum absolute atomic E-state index is 11.8. The molecule has 3 N–H and O–H groups in total. The van der Waals surface area contributed by atoms with Crippen LogP contribution in [-0.4, -0.2) is 54.6 Å². The molecular weight excluding hydrogens is 254 g/mol. The van der Waals surface area contributed by atoms with E-state index in [0.717, 1.165) is 32.0 Å². The van der Waals surface area contributed by atoms with E-state index in [4.69, 9.17) is 5.73 Å². The zero-order chi connectivity index (χ0) is 14.5. The van der Waals surface area contributed by atoms with E-state index in [1.54, 1.807) is 6.20 Å². The van der Waals surface area contributed by atoms with Gasteiger partial charge in [0, 0.05) is 32.7 Å². The molecule has 1 fully saturated rings. The van der Waals surface area contributed by atoms with Crippen LogP contribution in [0.3, 0.4) is 0 Å². The van der Waals surface area contributed by atoms with E-state index < -0.39 is 0 Å². The summed E-state index contributed by atoms with van der Waals surface area (Å²) < 4.78 is 0. The first kappa shape index (κ1) is 14.6. The van der Waals surface area contributed by atoms with Gasteiger partial charge in [-0.1, -0.05) is 0 Å². The lowest BCUT2D eigenvalue weighted by atomic mass is 10.2. The average Bonchev–Trinajstić information content (AvgIpc) is 2.48. The van der Waals surface area contributed by atoms with Gasteiger partial charge in [-0.15, -0.1) is 0 Å². The molecule has 0 spiro atoms. The first-order chi connectivity index (χ1) is 9.61. The Morgan fingerprint density at radius 2 is 2.10 bits per heavy atom. The summed E-state index contributed by atoms with van der Waals surface area (Å²) in [6.45, 7) is 8.06. The van der Waals surface area contributed by atoms with E-state index in [1.807, 2.05) is 26.0 Å². The summed E-state index contributed by atoms with van der Waals surface area (Å²) in [5, 5.41) is 2.87. The molecule has 110 valence electrons. The predicted molar refractivity (Wildman–Crippen MR) is 80.6 cm³/mol. The summed E-state index contributed by atoms with van der Waals surface area (Å²) in [5.74, 6) is 1.05. The van der Waals surface area contributed by atoms with Gasteiger partial charge in [0.15, 0.2) is 0 Å². The third kappa shape index (κ3) is 3.39. The molecule has 6 heteroatoms. The molecule has 0 radical (unpaired) electrons. The minimum atomic E-state index is -0.0727. The van der Waals surface area contributed by atoms with Gasteiger partial charge in [-0.3, -0.25) is 9.69 Å². The van der Waals surface area contributed by atoms with Crippen LogP contribution in [0.15, 0.2) is 18.3 Å². The highest BCUT2D eigenvalue weighted by Crippen LogP contribution is 2.15. The molecule has 1 aromatic heterocycles. The Balaban J connectivity index is 1.89. The zero-order valence-corrected chi connectivity index (χ0v) is 12.2. The van der Waals surface area contributed by atoms with E-state index in [1.165, 1.54) is 0 Å². The van der Waals surface area contributed by atoms with Crippen LogP contribution in [0.5, 0.6) is 0 Å². The molecule has 0 aliphatic carbocycles. The highest BCUT2D eigenvalue weighted by molar-refractivity contribution is 5.81. The first-order valence-electron chi connectivity index (χ1n) is 7.10. The van der Waals surface area contributed by atoms with E-state index in [2.05, 4.69) is 20.1 Å². The fraction of sp³-hybridized carbons (Fsp3) is 0.571. The van der Waals surface area contributed by atoms with Crippen molar-refractivity contribution < 1.29 is 4.79 Å². The third-order valence-corrected chi connectivity index (χ3v) is 3.69. The molecule has 1 aliphatic heterocycles. The summed E-state index contributed by atoms with van der Waals surface area (Å²) in [5.41, 5.74) is 6.32. The second-order valence-corrected chi connectivity index (χ2v) is 5.04. The highest BCUT2D eigenvalue weighted by Gasteiger charge is 2.25. The number of hydrogen-bond donors (Lipinski definition) is 2. The van der Waals surface area contributed by atoms with Crippen molar-refractivity contribution in [1.82, 2.24) is 15.2 Å². The molecule has 6 nitrogen and oxygen atoms in total. The van der Waals surface area contributed by atoms with E-state index in [9.17, 15) is 4.79 Å². The van der Waals surface area contributed by atoms with Gasteiger partial charge >= 0.3 is 0 Å². The van der Waals surface area contributed by atoms with Crippen molar-refractivity contribution in [3.63, 3.8) is 0 Å². The molecule has 0 saturated carbocycles. The number of hydrogen-bond acceptors (Lipinski definition) is 5. The van der Waals surface area contributed by atoms with E-state index >= 15 is 0 Å². The van der Waals surface area contributed by atoms with Crippen LogP contribution in [0.2, 0.25) is 0 Å². The minimum Gasteiger partial charge on any atom is -0.397 e. The lowest BCUT2D eigenvalue weighted by molar-refractivity contribution is -0.125. The predicted octanol–water partition coefficient (Wildman–Crippen LogP) is 0.310. The number of pyridine rings is 1. The number of nitrogens with one attached hydrogen (secondary N) is 1. The van der Waals surface area contributed by atoms with Gasteiger partial charge in [0.1, 0.15) is 5.82 Å². The average molecular weight is 277 g/mol. The van der Waals surface area contributed by atoms with Crippen LogP contribution in [-0.2, 0) is 4.79 Å². The van der Waals surface area contributed by atoms with Gasteiger partial charge in [-0.2, -0.15) is 0 Å². The zero-order valence-electron chi connectivity index (χ0n) is 12.2. The number of nitrogens with two attached hydrogens (primary N) is 1. The van der Waals surface area contributed by atoms with Crippen molar-refractivity contribution in [3.05, 3.63) is 18.3 Å². The van der Waals surface area contributed by atoms with Crippen LogP contribution < -0.4 is 16.0 Å². The summed E-state index contributed by atoms with van der Waals surface area (Å²) in [4.78, 5) is 20.6. The number of piperazine rings is 1. The number of rotatable bonds is 4. The molecule has 1 atom stereocenters. The lowest BCUT2D eigenvalue weighted by Crippen LogP contribution is -2.54. The molecule has 1 aliphatic rings. The number of amides is 1. The van der Waals surface area contributed by atoms with Gasteiger partial charge in [0.05, 0.1) is 17.9 Å². The van der Waals surface area contributed by atoms with Crippen LogP contribution in [0.1, 0.15) is 13.8 Å². The van der Waals surface area contributed by atoms with Gasteiger partial charge in [0.25, 0.3) is 0 Å². The minimum absolute atomic E-state index is 0.0727. The standard InChI is InChI=1S/C14H23N5O/c1-3-16-14(20)11(2)18-6-8-19(9-7-18)13-5-4-12(15)10-17-13/h4-5,10-11H,3,6-9,15H2,1-2H3,(H,16,20). The monoisotopic (exact) mass is 277 g/mol. The number of carbonyl (C=O) groups excluding carboxylic acids is 1. The van der Waals surface area contributed by atoms with Crippen LogP contribution >= 0.6 is 0 Å².